The zero-order valence-corrected chi connectivity index (χ0v) is 11.7. The summed E-state index contributed by atoms with van der Waals surface area (Å²) in [5.74, 6) is 0.0914. The van der Waals surface area contributed by atoms with Gasteiger partial charge in [0.25, 0.3) is 0 Å². The van der Waals surface area contributed by atoms with E-state index < -0.39 is 0 Å². The number of nitrogens with one attached hydrogen (secondary N) is 1. The average Bonchev–Trinajstić information content (AvgIpc) is 2.55. The lowest BCUT2D eigenvalue weighted by molar-refractivity contribution is 0.106. The van der Waals surface area contributed by atoms with Gasteiger partial charge >= 0.3 is 0 Å². The molecule has 0 saturated carbocycles. The van der Waals surface area contributed by atoms with E-state index in [9.17, 15) is 4.79 Å². The number of nitrogen functional groups attached to an aromatic ring is 1. The van der Waals surface area contributed by atoms with E-state index >= 15 is 0 Å². The van der Waals surface area contributed by atoms with Gasteiger partial charge in [-0.1, -0.05) is 36.4 Å². The molecular formula is C18H13N3O. The van der Waals surface area contributed by atoms with E-state index in [-0.39, 0.29) is 5.78 Å². The van der Waals surface area contributed by atoms with Gasteiger partial charge in [0.15, 0.2) is 5.84 Å². The fraction of sp³-hybridized carbons (Fsp3) is 0. The van der Waals surface area contributed by atoms with Gasteiger partial charge in [-0.2, -0.15) is 0 Å². The molecule has 0 aromatic heterocycles. The van der Waals surface area contributed by atoms with Crippen molar-refractivity contribution in [2.75, 3.05) is 11.1 Å². The Hall–Kier alpha value is -3.14. The van der Waals surface area contributed by atoms with Crippen LogP contribution in [-0.4, -0.2) is 11.6 Å². The van der Waals surface area contributed by atoms with Crippen molar-refractivity contribution in [3.8, 4) is 0 Å². The molecule has 1 aliphatic rings. The Morgan fingerprint density at radius 1 is 0.955 bits per heavy atom. The number of hydrogen-bond acceptors (Lipinski definition) is 4. The molecule has 1 heterocycles. The highest BCUT2D eigenvalue weighted by Gasteiger charge is 2.21. The van der Waals surface area contributed by atoms with Crippen LogP contribution in [0, 0.1) is 0 Å². The summed E-state index contributed by atoms with van der Waals surface area (Å²) in [6.45, 7) is 0. The topological polar surface area (TPSA) is 67.5 Å². The normalized spacial score (nSPS) is 12.6. The molecule has 0 atom stereocenters. The van der Waals surface area contributed by atoms with Gasteiger partial charge in [0, 0.05) is 22.3 Å². The lowest BCUT2D eigenvalue weighted by Crippen LogP contribution is -2.25. The molecule has 0 saturated heterocycles. The Labute approximate surface area is 127 Å². The summed E-state index contributed by atoms with van der Waals surface area (Å²) >= 11 is 0. The van der Waals surface area contributed by atoms with Crippen LogP contribution in [0.1, 0.15) is 10.4 Å². The average molecular weight is 287 g/mol. The van der Waals surface area contributed by atoms with Crippen LogP contribution in [0.4, 0.5) is 17.1 Å². The third-order valence-corrected chi connectivity index (χ3v) is 3.79. The highest BCUT2D eigenvalue weighted by molar-refractivity contribution is 6.51. The number of ketones is 1. The van der Waals surface area contributed by atoms with Crippen molar-refractivity contribution in [1.29, 1.82) is 0 Å². The molecule has 0 spiro atoms. The monoisotopic (exact) mass is 287 g/mol. The summed E-state index contributed by atoms with van der Waals surface area (Å²) in [7, 11) is 0. The molecule has 4 nitrogen and oxygen atoms in total. The summed E-state index contributed by atoms with van der Waals surface area (Å²) in [5.41, 5.74) is 8.49. The molecule has 0 radical (unpaired) electrons. The summed E-state index contributed by atoms with van der Waals surface area (Å²) in [4.78, 5) is 17.2. The SMILES string of the molecule is Nc1ccccc1C(=O)C1=Nc2cccc3cccc(c23)N1. The molecular weight excluding hydrogens is 274 g/mol. The lowest BCUT2D eigenvalue weighted by atomic mass is 10.0. The smallest absolute Gasteiger partial charge is 0.230 e. The van der Waals surface area contributed by atoms with Crippen molar-refractivity contribution in [1.82, 2.24) is 0 Å². The Morgan fingerprint density at radius 2 is 1.73 bits per heavy atom. The molecule has 0 bridgehead atoms. The van der Waals surface area contributed by atoms with Gasteiger partial charge in [-0.05, 0) is 29.7 Å². The quantitative estimate of drug-likeness (QED) is 0.557. The molecule has 3 N–H and O–H groups in total. The van der Waals surface area contributed by atoms with E-state index in [1.54, 1.807) is 24.3 Å². The third-order valence-electron chi connectivity index (χ3n) is 3.79. The van der Waals surface area contributed by atoms with Crippen LogP contribution < -0.4 is 11.1 Å². The van der Waals surface area contributed by atoms with Crippen LogP contribution in [0.3, 0.4) is 0 Å². The van der Waals surface area contributed by atoms with E-state index in [1.165, 1.54) is 0 Å². The molecule has 4 heteroatoms. The number of para-hydroxylation sites is 1. The predicted molar refractivity (Wildman–Crippen MR) is 89.9 cm³/mol. The van der Waals surface area contributed by atoms with Crippen LogP contribution in [-0.2, 0) is 0 Å². The number of amidine groups is 1. The number of aliphatic imine (C=N–C) groups is 1. The number of nitrogens with two attached hydrogens (primary N) is 1. The van der Waals surface area contributed by atoms with Gasteiger partial charge in [0.1, 0.15) is 0 Å². The van der Waals surface area contributed by atoms with Crippen molar-refractivity contribution < 1.29 is 4.79 Å². The number of hydrogen-bond donors (Lipinski definition) is 2. The number of rotatable bonds is 2. The second-order valence-corrected chi connectivity index (χ2v) is 5.18. The molecule has 0 fully saturated rings. The Morgan fingerprint density at radius 3 is 2.55 bits per heavy atom. The van der Waals surface area contributed by atoms with Crippen LogP contribution in [0.25, 0.3) is 10.8 Å². The first-order valence-corrected chi connectivity index (χ1v) is 7.01. The first-order chi connectivity index (χ1) is 10.7. The van der Waals surface area contributed by atoms with Gasteiger partial charge < -0.3 is 11.1 Å². The van der Waals surface area contributed by atoms with E-state index in [2.05, 4.69) is 10.3 Å². The molecule has 4 rings (SSSR count). The molecule has 0 unspecified atom stereocenters. The third kappa shape index (κ3) is 1.85. The van der Waals surface area contributed by atoms with Gasteiger partial charge in [-0.25, -0.2) is 4.99 Å². The van der Waals surface area contributed by atoms with Crippen LogP contribution in [0.2, 0.25) is 0 Å². The minimum Gasteiger partial charge on any atom is -0.398 e. The molecule has 0 amide bonds. The first-order valence-electron chi connectivity index (χ1n) is 7.01. The zero-order valence-electron chi connectivity index (χ0n) is 11.7. The number of Topliss-reactive ketones (excluding diaryl/α,β-unsaturated/α-hetero) is 1. The largest absolute Gasteiger partial charge is 0.398 e. The van der Waals surface area contributed by atoms with Crippen LogP contribution in [0.5, 0.6) is 0 Å². The van der Waals surface area contributed by atoms with Crippen molar-refractivity contribution in [2.45, 2.75) is 0 Å². The molecule has 3 aromatic rings. The van der Waals surface area contributed by atoms with E-state index in [4.69, 9.17) is 5.73 Å². The molecule has 1 aliphatic heterocycles. The maximum absolute atomic E-state index is 12.7. The molecule has 22 heavy (non-hydrogen) atoms. The van der Waals surface area contributed by atoms with Gasteiger partial charge in [0.05, 0.1) is 5.69 Å². The summed E-state index contributed by atoms with van der Waals surface area (Å²) in [6, 6.07) is 18.8. The van der Waals surface area contributed by atoms with Crippen molar-refractivity contribution in [3.05, 3.63) is 66.2 Å². The van der Waals surface area contributed by atoms with Crippen LogP contribution >= 0.6 is 0 Å². The number of carbonyl (C=O) groups excluding carboxylic acids is 1. The van der Waals surface area contributed by atoms with E-state index in [0.717, 1.165) is 22.1 Å². The highest BCUT2D eigenvalue weighted by Crippen LogP contribution is 2.35. The number of anilines is 2. The maximum atomic E-state index is 12.7. The predicted octanol–water partition coefficient (Wildman–Crippen LogP) is 3.76. The van der Waals surface area contributed by atoms with E-state index in [1.807, 2.05) is 36.4 Å². The second kappa shape index (κ2) is 4.70. The van der Waals surface area contributed by atoms with Gasteiger partial charge in [-0.15, -0.1) is 0 Å². The molecule has 106 valence electrons. The number of carbonyl (C=O) groups is 1. The molecule has 0 aliphatic carbocycles. The summed E-state index contributed by atoms with van der Waals surface area (Å²) in [5, 5.41) is 5.26. The van der Waals surface area contributed by atoms with Gasteiger partial charge in [0.2, 0.25) is 5.78 Å². The van der Waals surface area contributed by atoms with Crippen molar-refractivity contribution in [3.63, 3.8) is 0 Å². The number of benzene rings is 3. The zero-order chi connectivity index (χ0) is 15.1. The molecule has 3 aromatic carbocycles. The number of nitrogens with zero attached hydrogens (tertiary/aromatic N) is 1. The second-order valence-electron chi connectivity index (χ2n) is 5.18. The van der Waals surface area contributed by atoms with Crippen LogP contribution in [0.15, 0.2) is 65.7 Å². The Balaban J connectivity index is 1.86. The minimum atomic E-state index is -0.204. The van der Waals surface area contributed by atoms with Gasteiger partial charge in [-0.3, -0.25) is 4.79 Å². The Bertz CT molecular complexity index is 939. The highest BCUT2D eigenvalue weighted by atomic mass is 16.1. The Kier molecular flexibility index (Phi) is 2.69. The summed E-state index contributed by atoms with van der Waals surface area (Å²) < 4.78 is 0. The fourth-order valence-electron chi connectivity index (χ4n) is 2.73. The fourth-order valence-corrected chi connectivity index (χ4v) is 2.73. The first kappa shape index (κ1) is 12.6. The maximum Gasteiger partial charge on any atom is 0.230 e. The van der Waals surface area contributed by atoms with E-state index in [0.29, 0.717) is 17.1 Å². The van der Waals surface area contributed by atoms with Crippen molar-refractivity contribution in [2.24, 2.45) is 4.99 Å². The minimum absolute atomic E-state index is 0.204. The summed E-state index contributed by atoms with van der Waals surface area (Å²) in [6.07, 6.45) is 0. The van der Waals surface area contributed by atoms with Crippen molar-refractivity contribution >= 4 is 39.5 Å². The lowest BCUT2D eigenvalue weighted by Gasteiger charge is -2.18. The standard InChI is InChI=1S/C18H13N3O/c19-13-8-2-1-7-12(13)17(22)18-20-14-9-3-5-11-6-4-10-15(21-18)16(11)14/h1-10H,19H2,(H,20,21).